The summed E-state index contributed by atoms with van der Waals surface area (Å²) in [6.45, 7) is 3.36. The monoisotopic (exact) mass is 512 g/mol. The van der Waals surface area contributed by atoms with Gasteiger partial charge < -0.3 is 38.6 Å². The molecule has 1 fully saturated rings. The van der Waals surface area contributed by atoms with Gasteiger partial charge in [-0.05, 0) is 42.0 Å². The summed E-state index contributed by atoms with van der Waals surface area (Å²) in [5, 5.41) is 20.7. The molecule has 0 unspecified atom stereocenters. The second-order valence-corrected chi connectivity index (χ2v) is 7.29. The van der Waals surface area contributed by atoms with Crippen LogP contribution in [0.25, 0.3) is 0 Å². The summed E-state index contributed by atoms with van der Waals surface area (Å²) in [6, 6.07) is 0. The molecule has 2 N–H and O–H groups in total. The number of rotatable bonds is 6. The fraction of sp³-hybridized carbons (Fsp3) is 0.611. The van der Waals surface area contributed by atoms with Crippen molar-refractivity contribution >= 4 is 28.6 Å². The van der Waals surface area contributed by atoms with Gasteiger partial charge in [0.1, 0.15) is 23.9 Å². The minimum atomic E-state index is -1.26. The zero-order chi connectivity index (χ0) is 21.2. The Morgan fingerprint density at radius 1 is 1.04 bits per heavy atom. The quantitative estimate of drug-likeness (QED) is 0.430. The first-order chi connectivity index (χ1) is 13.2. The van der Waals surface area contributed by atoms with E-state index in [0.29, 0.717) is 9.13 Å². The Bertz CT molecular complexity index is 724. The maximum absolute atomic E-state index is 12.2. The maximum Gasteiger partial charge on any atom is 0.342 e. The Labute approximate surface area is 176 Å². The maximum atomic E-state index is 12.2. The Hall–Kier alpha value is -1.34. The predicted molar refractivity (Wildman–Crippen MR) is 106 cm³/mol. The lowest BCUT2D eigenvalue weighted by atomic mass is 9.99. The fourth-order valence-corrected chi connectivity index (χ4v) is 3.73. The highest BCUT2D eigenvalue weighted by Gasteiger charge is 2.45. The summed E-state index contributed by atoms with van der Waals surface area (Å²) in [5.41, 5.74) is 0.768. The number of ether oxygens (including phenoxy) is 6. The van der Waals surface area contributed by atoms with Gasteiger partial charge in [-0.25, -0.2) is 4.79 Å². The molecule has 1 aromatic carbocycles. The van der Waals surface area contributed by atoms with E-state index in [1.165, 1.54) is 28.4 Å². The van der Waals surface area contributed by atoms with E-state index in [0.717, 1.165) is 0 Å². The standard InChI is InChI=1S/C18H25IO9/c1-7-9(17(22)26-6)13(23-3)16(25-5)14(10(7)19)28-18-12(21)15(24-4)11(20)8(2)27-18/h8,11-12,15,18,20-21H,1-6H3/t8-,11-,12+,15+,18-/m0/s1. The van der Waals surface area contributed by atoms with Gasteiger partial charge in [0.15, 0.2) is 11.5 Å². The predicted octanol–water partition coefficient (Wildman–Crippen LogP) is 1.26. The van der Waals surface area contributed by atoms with Crippen LogP contribution in [0.15, 0.2) is 0 Å². The molecule has 158 valence electrons. The average molecular weight is 512 g/mol. The molecule has 1 aromatic rings. The highest BCUT2D eigenvalue weighted by Crippen LogP contribution is 2.47. The van der Waals surface area contributed by atoms with Crippen LogP contribution in [0.2, 0.25) is 0 Å². The van der Waals surface area contributed by atoms with E-state index in [1.807, 2.05) is 22.6 Å². The average Bonchev–Trinajstić information content (AvgIpc) is 2.68. The summed E-state index contributed by atoms with van der Waals surface area (Å²) >= 11 is 2.00. The third-order valence-electron chi connectivity index (χ3n) is 4.63. The zero-order valence-electron chi connectivity index (χ0n) is 16.5. The number of carbonyl (C=O) groups excluding carboxylic acids is 1. The molecule has 0 saturated carbocycles. The van der Waals surface area contributed by atoms with Gasteiger partial charge in [-0.1, -0.05) is 0 Å². The van der Waals surface area contributed by atoms with Gasteiger partial charge in [0.05, 0.1) is 31.0 Å². The Kier molecular flexibility index (Phi) is 7.73. The largest absolute Gasteiger partial charge is 0.492 e. The number of halogens is 1. The lowest BCUT2D eigenvalue weighted by Crippen LogP contribution is -2.59. The van der Waals surface area contributed by atoms with Crippen LogP contribution in [0.1, 0.15) is 22.8 Å². The Morgan fingerprint density at radius 2 is 1.64 bits per heavy atom. The minimum absolute atomic E-state index is 0.143. The van der Waals surface area contributed by atoms with Gasteiger partial charge in [-0.2, -0.15) is 0 Å². The normalized spacial score (nSPS) is 27.2. The smallest absolute Gasteiger partial charge is 0.342 e. The SMILES string of the molecule is COC(=O)c1c(C)c(I)c(O[C@@H]2O[C@@H](C)[C@H](O)[C@@H](OC)[C@H]2O)c(OC)c1OC. The number of hydrogen-bond donors (Lipinski definition) is 2. The molecule has 1 saturated heterocycles. The van der Waals surface area contributed by atoms with Crippen molar-refractivity contribution in [1.82, 2.24) is 0 Å². The van der Waals surface area contributed by atoms with Gasteiger partial charge in [0.2, 0.25) is 12.0 Å². The van der Waals surface area contributed by atoms with Gasteiger partial charge in [0.25, 0.3) is 0 Å². The highest BCUT2D eigenvalue weighted by atomic mass is 127. The van der Waals surface area contributed by atoms with E-state index in [2.05, 4.69) is 0 Å². The molecule has 2 rings (SSSR count). The summed E-state index contributed by atoms with van der Waals surface area (Å²) in [6.07, 6.45) is -4.95. The molecule has 1 aliphatic heterocycles. The van der Waals surface area contributed by atoms with Gasteiger partial charge >= 0.3 is 5.97 Å². The van der Waals surface area contributed by atoms with E-state index in [1.54, 1.807) is 13.8 Å². The van der Waals surface area contributed by atoms with Crippen molar-refractivity contribution in [2.75, 3.05) is 28.4 Å². The van der Waals surface area contributed by atoms with Crippen molar-refractivity contribution in [3.05, 3.63) is 14.7 Å². The van der Waals surface area contributed by atoms with Crippen molar-refractivity contribution in [2.24, 2.45) is 0 Å². The highest BCUT2D eigenvalue weighted by molar-refractivity contribution is 14.1. The first kappa shape index (κ1) is 22.9. The van der Waals surface area contributed by atoms with E-state index in [9.17, 15) is 15.0 Å². The van der Waals surface area contributed by atoms with Crippen LogP contribution in [-0.4, -0.2) is 75.3 Å². The number of carbonyl (C=O) groups is 1. The topological polar surface area (TPSA) is 113 Å². The number of benzene rings is 1. The van der Waals surface area contributed by atoms with Crippen LogP contribution < -0.4 is 14.2 Å². The summed E-state index contributed by atoms with van der Waals surface area (Å²) in [5.74, 6) is -0.0553. The summed E-state index contributed by atoms with van der Waals surface area (Å²) in [7, 11) is 5.45. The molecule has 0 radical (unpaired) electrons. The van der Waals surface area contributed by atoms with E-state index in [-0.39, 0.29) is 22.8 Å². The molecule has 9 nitrogen and oxygen atoms in total. The van der Waals surface area contributed by atoms with Gasteiger partial charge in [-0.15, -0.1) is 0 Å². The van der Waals surface area contributed by atoms with Crippen molar-refractivity contribution < 1.29 is 43.4 Å². The van der Waals surface area contributed by atoms with Crippen LogP contribution in [0.3, 0.4) is 0 Å². The number of aliphatic hydroxyl groups is 2. The third kappa shape index (κ3) is 4.01. The second kappa shape index (κ2) is 9.44. The molecule has 0 aromatic heterocycles. The number of aliphatic hydroxyl groups excluding tert-OH is 2. The second-order valence-electron chi connectivity index (χ2n) is 6.21. The Balaban J connectivity index is 2.54. The number of methoxy groups -OCH3 is 4. The summed E-state index contributed by atoms with van der Waals surface area (Å²) < 4.78 is 33.0. The molecule has 1 aliphatic rings. The third-order valence-corrected chi connectivity index (χ3v) is 5.93. The molecular weight excluding hydrogens is 487 g/mol. The number of hydrogen-bond acceptors (Lipinski definition) is 9. The first-order valence-corrected chi connectivity index (χ1v) is 9.54. The first-order valence-electron chi connectivity index (χ1n) is 8.46. The van der Waals surface area contributed by atoms with Crippen LogP contribution in [-0.2, 0) is 14.2 Å². The van der Waals surface area contributed by atoms with Gasteiger partial charge in [0, 0.05) is 7.11 Å². The molecule has 1 heterocycles. The summed E-state index contributed by atoms with van der Waals surface area (Å²) in [4.78, 5) is 12.2. The van der Waals surface area contributed by atoms with E-state index < -0.39 is 36.7 Å². The molecule has 0 bridgehead atoms. The van der Waals surface area contributed by atoms with Crippen molar-refractivity contribution in [2.45, 2.75) is 44.6 Å². The van der Waals surface area contributed by atoms with Crippen LogP contribution in [0.4, 0.5) is 0 Å². The molecule has 28 heavy (non-hydrogen) atoms. The minimum Gasteiger partial charge on any atom is -0.492 e. The lowest BCUT2D eigenvalue weighted by Gasteiger charge is -2.40. The van der Waals surface area contributed by atoms with Crippen LogP contribution in [0.5, 0.6) is 17.2 Å². The molecule has 5 atom stereocenters. The lowest BCUT2D eigenvalue weighted by molar-refractivity contribution is -0.273. The number of esters is 1. The van der Waals surface area contributed by atoms with Crippen molar-refractivity contribution in [3.8, 4) is 17.2 Å². The molecule has 10 heteroatoms. The van der Waals surface area contributed by atoms with Gasteiger partial charge in [-0.3, -0.25) is 0 Å². The van der Waals surface area contributed by atoms with Crippen molar-refractivity contribution in [1.29, 1.82) is 0 Å². The fourth-order valence-electron chi connectivity index (χ4n) is 3.09. The van der Waals surface area contributed by atoms with Crippen molar-refractivity contribution in [3.63, 3.8) is 0 Å². The molecule has 0 amide bonds. The zero-order valence-corrected chi connectivity index (χ0v) is 18.7. The van der Waals surface area contributed by atoms with E-state index in [4.69, 9.17) is 28.4 Å². The molecule has 0 spiro atoms. The Morgan fingerprint density at radius 3 is 2.14 bits per heavy atom. The van der Waals surface area contributed by atoms with Crippen LogP contribution in [0, 0.1) is 10.5 Å². The molecule has 0 aliphatic carbocycles. The van der Waals surface area contributed by atoms with Crippen LogP contribution >= 0.6 is 22.6 Å². The molecular formula is C18H25IO9. The van der Waals surface area contributed by atoms with E-state index >= 15 is 0 Å².